The number of fused-ring (bicyclic) bond motifs is 1. The van der Waals surface area contributed by atoms with Gasteiger partial charge in [0.25, 0.3) is 0 Å². The molecule has 0 spiro atoms. The number of benzene rings is 1. The molecule has 20 heavy (non-hydrogen) atoms. The minimum atomic E-state index is 0.649. The molecule has 0 aliphatic heterocycles. The average molecular weight is 292 g/mol. The first-order valence-electron chi connectivity index (χ1n) is 7.27. The summed E-state index contributed by atoms with van der Waals surface area (Å²) in [6.45, 7) is 6.45. The van der Waals surface area contributed by atoms with E-state index in [-0.39, 0.29) is 0 Å². The first kappa shape index (κ1) is 15.1. The van der Waals surface area contributed by atoms with Crippen molar-refractivity contribution >= 4 is 22.4 Å². The lowest BCUT2D eigenvalue weighted by molar-refractivity contribution is 0.415. The SMILES string of the molecule is CCCc1nc(C)c2cc(Cl)c(OC)cc2c1CCC. The van der Waals surface area contributed by atoms with Gasteiger partial charge in [0.15, 0.2) is 0 Å². The van der Waals surface area contributed by atoms with Gasteiger partial charge < -0.3 is 4.74 Å². The highest BCUT2D eigenvalue weighted by atomic mass is 35.5. The van der Waals surface area contributed by atoms with Crippen molar-refractivity contribution in [3.63, 3.8) is 0 Å². The van der Waals surface area contributed by atoms with Crippen LogP contribution >= 0.6 is 11.6 Å². The molecule has 1 aromatic heterocycles. The number of methoxy groups -OCH3 is 1. The second kappa shape index (κ2) is 6.45. The minimum Gasteiger partial charge on any atom is -0.495 e. The third-order valence-corrected chi connectivity index (χ3v) is 3.94. The van der Waals surface area contributed by atoms with E-state index in [0.29, 0.717) is 5.02 Å². The van der Waals surface area contributed by atoms with Crippen LogP contribution < -0.4 is 4.74 Å². The van der Waals surface area contributed by atoms with E-state index < -0.39 is 0 Å². The highest BCUT2D eigenvalue weighted by Crippen LogP contribution is 2.34. The third-order valence-electron chi connectivity index (χ3n) is 3.64. The fourth-order valence-corrected chi connectivity index (χ4v) is 2.96. The van der Waals surface area contributed by atoms with E-state index in [1.165, 1.54) is 16.6 Å². The van der Waals surface area contributed by atoms with E-state index in [0.717, 1.165) is 42.5 Å². The molecule has 0 saturated heterocycles. The molecular formula is C17H22ClNO. The van der Waals surface area contributed by atoms with Gasteiger partial charge in [-0.05, 0) is 42.8 Å². The third kappa shape index (κ3) is 2.76. The Morgan fingerprint density at radius 2 is 1.80 bits per heavy atom. The Bertz CT molecular complexity index is 622. The largest absolute Gasteiger partial charge is 0.495 e. The van der Waals surface area contributed by atoms with Gasteiger partial charge in [-0.25, -0.2) is 0 Å². The summed E-state index contributed by atoms with van der Waals surface area (Å²) < 4.78 is 5.37. The molecule has 1 aromatic carbocycles. The quantitative estimate of drug-likeness (QED) is 0.763. The molecule has 2 nitrogen and oxygen atoms in total. The average Bonchev–Trinajstić information content (AvgIpc) is 2.43. The van der Waals surface area contributed by atoms with Crippen LogP contribution in [0.2, 0.25) is 5.02 Å². The smallest absolute Gasteiger partial charge is 0.138 e. The molecule has 0 aliphatic carbocycles. The van der Waals surface area contributed by atoms with Crippen LogP contribution in [0.25, 0.3) is 10.8 Å². The molecule has 0 amide bonds. The van der Waals surface area contributed by atoms with E-state index >= 15 is 0 Å². The van der Waals surface area contributed by atoms with Gasteiger partial charge >= 0.3 is 0 Å². The minimum absolute atomic E-state index is 0.649. The maximum absolute atomic E-state index is 6.25. The van der Waals surface area contributed by atoms with Crippen molar-refractivity contribution in [1.82, 2.24) is 4.98 Å². The van der Waals surface area contributed by atoms with Crippen molar-refractivity contribution in [2.24, 2.45) is 0 Å². The number of aryl methyl sites for hydroxylation is 3. The summed E-state index contributed by atoms with van der Waals surface area (Å²) in [4.78, 5) is 4.81. The van der Waals surface area contributed by atoms with Crippen molar-refractivity contribution in [3.8, 4) is 5.75 Å². The van der Waals surface area contributed by atoms with Crippen LogP contribution in [0, 0.1) is 6.92 Å². The molecule has 0 atom stereocenters. The molecule has 0 saturated carbocycles. The lowest BCUT2D eigenvalue weighted by Crippen LogP contribution is -2.02. The predicted octanol–water partition coefficient (Wildman–Crippen LogP) is 5.11. The number of hydrogen-bond acceptors (Lipinski definition) is 2. The van der Waals surface area contributed by atoms with E-state index in [4.69, 9.17) is 21.3 Å². The second-order valence-electron chi connectivity index (χ2n) is 5.15. The summed E-state index contributed by atoms with van der Waals surface area (Å²) in [7, 11) is 1.66. The molecule has 0 bridgehead atoms. The Morgan fingerprint density at radius 1 is 1.10 bits per heavy atom. The topological polar surface area (TPSA) is 22.1 Å². The van der Waals surface area contributed by atoms with Crippen LogP contribution in [0.3, 0.4) is 0 Å². The zero-order chi connectivity index (χ0) is 14.7. The zero-order valence-corrected chi connectivity index (χ0v) is 13.5. The van der Waals surface area contributed by atoms with Crippen LogP contribution in [-0.4, -0.2) is 12.1 Å². The summed E-state index contributed by atoms with van der Waals surface area (Å²) in [5.74, 6) is 0.740. The van der Waals surface area contributed by atoms with E-state index in [2.05, 4.69) is 26.8 Å². The number of nitrogens with zero attached hydrogens (tertiary/aromatic N) is 1. The maximum Gasteiger partial charge on any atom is 0.138 e. The number of halogens is 1. The highest BCUT2D eigenvalue weighted by molar-refractivity contribution is 6.33. The first-order chi connectivity index (χ1) is 9.62. The molecule has 3 heteroatoms. The molecule has 0 unspecified atom stereocenters. The van der Waals surface area contributed by atoms with Gasteiger partial charge in [-0.2, -0.15) is 0 Å². The van der Waals surface area contributed by atoms with Gasteiger partial charge in [-0.3, -0.25) is 4.98 Å². The number of ether oxygens (including phenoxy) is 1. The first-order valence-corrected chi connectivity index (χ1v) is 7.65. The fraction of sp³-hybridized carbons (Fsp3) is 0.471. The molecule has 1 heterocycles. The lowest BCUT2D eigenvalue weighted by atomic mass is 9.96. The van der Waals surface area contributed by atoms with Crippen molar-refractivity contribution < 1.29 is 4.74 Å². The van der Waals surface area contributed by atoms with Gasteiger partial charge in [0.05, 0.1) is 12.1 Å². The van der Waals surface area contributed by atoms with Crippen molar-refractivity contribution in [2.45, 2.75) is 46.5 Å². The monoisotopic (exact) mass is 291 g/mol. The van der Waals surface area contributed by atoms with Gasteiger partial charge in [0.1, 0.15) is 5.75 Å². The second-order valence-corrected chi connectivity index (χ2v) is 5.56. The van der Waals surface area contributed by atoms with Gasteiger partial charge in [0, 0.05) is 16.8 Å². The van der Waals surface area contributed by atoms with E-state index in [1.54, 1.807) is 7.11 Å². The Kier molecular flexibility index (Phi) is 4.87. The van der Waals surface area contributed by atoms with Crippen LogP contribution in [-0.2, 0) is 12.8 Å². The molecular weight excluding hydrogens is 270 g/mol. The molecule has 2 rings (SSSR count). The molecule has 108 valence electrons. The number of hydrogen-bond donors (Lipinski definition) is 0. The molecule has 0 radical (unpaired) electrons. The van der Waals surface area contributed by atoms with E-state index in [1.807, 2.05) is 6.07 Å². The standard InChI is InChI=1S/C17H22ClNO/c1-5-7-12-14-10-17(20-4)15(18)9-13(14)11(3)19-16(12)8-6-2/h9-10H,5-8H2,1-4H3. The summed E-state index contributed by atoms with van der Waals surface area (Å²) in [6.07, 6.45) is 4.29. The number of aromatic nitrogens is 1. The normalized spacial score (nSPS) is 11.1. The summed E-state index contributed by atoms with van der Waals surface area (Å²) in [5, 5.41) is 3.03. The number of rotatable bonds is 5. The Morgan fingerprint density at radius 3 is 2.40 bits per heavy atom. The molecule has 0 aliphatic rings. The highest BCUT2D eigenvalue weighted by Gasteiger charge is 2.14. The Hall–Kier alpha value is -1.28. The zero-order valence-electron chi connectivity index (χ0n) is 12.7. The van der Waals surface area contributed by atoms with Crippen LogP contribution in [0.4, 0.5) is 0 Å². The summed E-state index contributed by atoms with van der Waals surface area (Å²) in [6, 6.07) is 4.05. The fourth-order valence-electron chi connectivity index (χ4n) is 2.72. The lowest BCUT2D eigenvalue weighted by Gasteiger charge is -2.15. The van der Waals surface area contributed by atoms with Gasteiger partial charge in [0.2, 0.25) is 0 Å². The molecule has 0 N–H and O–H groups in total. The van der Waals surface area contributed by atoms with Crippen molar-refractivity contribution in [3.05, 3.63) is 34.1 Å². The summed E-state index contributed by atoms with van der Waals surface area (Å²) in [5.41, 5.74) is 3.63. The van der Waals surface area contributed by atoms with Crippen molar-refractivity contribution in [2.75, 3.05) is 7.11 Å². The van der Waals surface area contributed by atoms with Crippen LogP contribution in [0.5, 0.6) is 5.75 Å². The summed E-state index contributed by atoms with van der Waals surface area (Å²) >= 11 is 6.25. The Balaban J connectivity index is 2.77. The molecule has 2 aromatic rings. The Labute approximate surface area is 126 Å². The number of pyridine rings is 1. The van der Waals surface area contributed by atoms with Gasteiger partial charge in [-0.15, -0.1) is 0 Å². The predicted molar refractivity (Wildman–Crippen MR) is 86.0 cm³/mol. The van der Waals surface area contributed by atoms with Gasteiger partial charge in [-0.1, -0.05) is 38.3 Å². The van der Waals surface area contributed by atoms with Crippen LogP contribution in [0.1, 0.15) is 43.6 Å². The van der Waals surface area contributed by atoms with Crippen LogP contribution in [0.15, 0.2) is 12.1 Å². The molecule has 0 fully saturated rings. The maximum atomic E-state index is 6.25. The van der Waals surface area contributed by atoms with E-state index in [9.17, 15) is 0 Å². The van der Waals surface area contributed by atoms with Crippen molar-refractivity contribution in [1.29, 1.82) is 0 Å².